The van der Waals surface area contributed by atoms with Crippen molar-refractivity contribution in [2.45, 2.75) is 19.9 Å². The lowest BCUT2D eigenvalue weighted by Crippen LogP contribution is -2.27. The highest BCUT2D eigenvalue weighted by molar-refractivity contribution is 9.10. The largest absolute Gasteiger partial charge is 0.396 e. The van der Waals surface area contributed by atoms with Gasteiger partial charge in [0.25, 0.3) is 0 Å². The number of rotatable bonds is 4. The van der Waals surface area contributed by atoms with E-state index in [0.29, 0.717) is 16.4 Å². The molecular formula is C9H15BrN4O. The van der Waals surface area contributed by atoms with E-state index in [1.54, 1.807) is 6.07 Å². The number of aliphatic hydroxyl groups is 1. The van der Waals surface area contributed by atoms with E-state index in [1.165, 1.54) is 0 Å². The van der Waals surface area contributed by atoms with Crippen molar-refractivity contribution >= 4 is 27.7 Å². The first kappa shape index (κ1) is 12.2. The molecule has 0 aromatic carbocycles. The van der Waals surface area contributed by atoms with Crippen molar-refractivity contribution < 1.29 is 5.11 Å². The number of nitrogens with two attached hydrogens (primary N) is 1. The van der Waals surface area contributed by atoms with Crippen LogP contribution in [0.2, 0.25) is 0 Å². The molecule has 2 atom stereocenters. The molecule has 1 rings (SSSR count). The van der Waals surface area contributed by atoms with E-state index in [0.717, 1.165) is 0 Å². The number of nitrogen functional groups attached to an aromatic ring is 1. The average molecular weight is 275 g/mol. The van der Waals surface area contributed by atoms with E-state index >= 15 is 0 Å². The van der Waals surface area contributed by atoms with Crippen molar-refractivity contribution in [3.8, 4) is 0 Å². The van der Waals surface area contributed by atoms with Gasteiger partial charge in [-0.25, -0.2) is 4.98 Å². The van der Waals surface area contributed by atoms with E-state index in [9.17, 15) is 0 Å². The SMILES string of the molecule is CC(CO)C(C)Nc1nc(N)cc(Br)n1. The highest BCUT2D eigenvalue weighted by Gasteiger charge is 2.12. The summed E-state index contributed by atoms with van der Waals surface area (Å²) in [5.41, 5.74) is 5.57. The number of aliphatic hydroxyl groups excluding tert-OH is 1. The Labute approximate surface area is 97.2 Å². The van der Waals surface area contributed by atoms with Gasteiger partial charge < -0.3 is 16.2 Å². The lowest BCUT2D eigenvalue weighted by atomic mass is 10.1. The molecule has 0 fully saturated rings. The zero-order chi connectivity index (χ0) is 11.4. The third kappa shape index (κ3) is 3.64. The minimum atomic E-state index is 0.0868. The summed E-state index contributed by atoms with van der Waals surface area (Å²) in [6.07, 6.45) is 0. The molecule has 0 aliphatic rings. The summed E-state index contributed by atoms with van der Waals surface area (Å²) in [6.45, 7) is 4.03. The van der Waals surface area contributed by atoms with Crippen LogP contribution in [0.5, 0.6) is 0 Å². The molecule has 6 heteroatoms. The Morgan fingerprint density at radius 3 is 2.73 bits per heavy atom. The monoisotopic (exact) mass is 274 g/mol. The Hall–Kier alpha value is -0.880. The number of hydrogen-bond donors (Lipinski definition) is 3. The minimum absolute atomic E-state index is 0.0868. The van der Waals surface area contributed by atoms with Crippen LogP contribution in [0.15, 0.2) is 10.7 Å². The quantitative estimate of drug-likeness (QED) is 0.720. The molecule has 5 nitrogen and oxygen atoms in total. The Bertz CT molecular complexity index is 314. The molecule has 0 spiro atoms. The molecular weight excluding hydrogens is 260 g/mol. The van der Waals surface area contributed by atoms with Crippen molar-refractivity contribution in [3.63, 3.8) is 0 Å². The van der Waals surface area contributed by atoms with E-state index in [4.69, 9.17) is 10.8 Å². The van der Waals surface area contributed by atoms with Gasteiger partial charge in [-0.2, -0.15) is 4.98 Å². The van der Waals surface area contributed by atoms with Crippen molar-refractivity contribution in [1.29, 1.82) is 0 Å². The van der Waals surface area contributed by atoms with Gasteiger partial charge in [-0.1, -0.05) is 6.92 Å². The number of hydrogen-bond acceptors (Lipinski definition) is 5. The normalized spacial score (nSPS) is 14.7. The second-order valence-corrected chi connectivity index (χ2v) is 4.34. The summed E-state index contributed by atoms with van der Waals surface area (Å²) in [4.78, 5) is 8.16. The molecule has 1 aromatic rings. The molecule has 15 heavy (non-hydrogen) atoms. The van der Waals surface area contributed by atoms with Crippen LogP contribution in [0.3, 0.4) is 0 Å². The van der Waals surface area contributed by atoms with E-state index in [1.807, 2.05) is 13.8 Å². The van der Waals surface area contributed by atoms with Gasteiger partial charge in [0.05, 0.1) is 0 Å². The smallest absolute Gasteiger partial charge is 0.225 e. The Morgan fingerprint density at radius 2 is 2.20 bits per heavy atom. The van der Waals surface area contributed by atoms with Crippen LogP contribution in [-0.4, -0.2) is 27.7 Å². The van der Waals surface area contributed by atoms with Crippen molar-refractivity contribution in [2.75, 3.05) is 17.7 Å². The first-order valence-corrected chi connectivity index (χ1v) is 5.49. The van der Waals surface area contributed by atoms with Gasteiger partial charge in [-0.05, 0) is 28.8 Å². The molecule has 0 aliphatic carbocycles. The number of nitrogens with zero attached hydrogens (tertiary/aromatic N) is 2. The number of anilines is 2. The molecule has 0 saturated carbocycles. The third-order valence-corrected chi connectivity index (χ3v) is 2.62. The number of halogens is 1. The molecule has 0 bridgehead atoms. The molecule has 0 aliphatic heterocycles. The minimum Gasteiger partial charge on any atom is -0.396 e. The first-order chi connectivity index (χ1) is 7.02. The van der Waals surface area contributed by atoms with Gasteiger partial charge in [-0.15, -0.1) is 0 Å². The zero-order valence-corrected chi connectivity index (χ0v) is 10.3. The Kier molecular flexibility index (Phi) is 4.28. The second kappa shape index (κ2) is 5.27. The van der Waals surface area contributed by atoms with Crippen LogP contribution < -0.4 is 11.1 Å². The third-order valence-electron chi connectivity index (χ3n) is 2.21. The summed E-state index contributed by atoms with van der Waals surface area (Å²) in [7, 11) is 0. The summed E-state index contributed by atoms with van der Waals surface area (Å²) >= 11 is 3.24. The Balaban J connectivity index is 2.72. The maximum Gasteiger partial charge on any atom is 0.225 e. The maximum absolute atomic E-state index is 8.98. The Morgan fingerprint density at radius 1 is 1.53 bits per heavy atom. The topological polar surface area (TPSA) is 84.1 Å². The average Bonchev–Trinajstić information content (AvgIpc) is 2.14. The van der Waals surface area contributed by atoms with E-state index in [2.05, 4.69) is 31.2 Å². The fourth-order valence-electron chi connectivity index (χ4n) is 1.00. The molecule has 4 N–H and O–H groups in total. The van der Waals surface area contributed by atoms with Crippen LogP contribution in [0.25, 0.3) is 0 Å². The number of aromatic nitrogens is 2. The molecule has 1 heterocycles. The first-order valence-electron chi connectivity index (χ1n) is 4.70. The lowest BCUT2D eigenvalue weighted by molar-refractivity contribution is 0.226. The van der Waals surface area contributed by atoms with Gasteiger partial charge in [0.15, 0.2) is 0 Å². The summed E-state index contributed by atoms with van der Waals surface area (Å²) in [6, 6.07) is 1.72. The van der Waals surface area contributed by atoms with E-state index in [-0.39, 0.29) is 18.6 Å². The van der Waals surface area contributed by atoms with Crippen molar-refractivity contribution in [1.82, 2.24) is 9.97 Å². The van der Waals surface area contributed by atoms with Crippen LogP contribution in [-0.2, 0) is 0 Å². The van der Waals surface area contributed by atoms with Gasteiger partial charge in [0.1, 0.15) is 10.4 Å². The van der Waals surface area contributed by atoms with Gasteiger partial charge in [0.2, 0.25) is 5.95 Å². The van der Waals surface area contributed by atoms with Crippen LogP contribution >= 0.6 is 15.9 Å². The molecule has 2 unspecified atom stereocenters. The zero-order valence-electron chi connectivity index (χ0n) is 8.74. The molecule has 1 aromatic heterocycles. The van der Waals surface area contributed by atoms with Gasteiger partial charge in [-0.3, -0.25) is 0 Å². The van der Waals surface area contributed by atoms with E-state index < -0.39 is 0 Å². The highest BCUT2D eigenvalue weighted by atomic mass is 79.9. The fourth-order valence-corrected chi connectivity index (χ4v) is 1.41. The van der Waals surface area contributed by atoms with Crippen LogP contribution in [0, 0.1) is 5.92 Å². The van der Waals surface area contributed by atoms with Gasteiger partial charge >= 0.3 is 0 Å². The van der Waals surface area contributed by atoms with Gasteiger partial charge in [0, 0.05) is 18.7 Å². The maximum atomic E-state index is 8.98. The summed E-state index contributed by atoms with van der Waals surface area (Å²) in [5, 5.41) is 12.1. The van der Waals surface area contributed by atoms with Crippen LogP contribution in [0.4, 0.5) is 11.8 Å². The fraction of sp³-hybridized carbons (Fsp3) is 0.556. The predicted molar refractivity (Wildman–Crippen MR) is 63.5 cm³/mol. The summed E-state index contributed by atoms with van der Waals surface area (Å²) in [5.74, 6) is 1.01. The molecule has 0 amide bonds. The van der Waals surface area contributed by atoms with Crippen LogP contribution in [0.1, 0.15) is 13.8 Å². The standard InChI is InChI=1S/C9H15BrN4O/c1-5(4-15)6(2)12-9-13-7(10)3-8(11)14-9/h3,5-6,15H,4H2,1-2H3,(H3,11,12,13,14). The van der Waals surface area contributed by atoms with Crippen molar-refractivity contribution in [2.24, 2.45) is 5.92 Å². The summed E-state index contributed by atoms with van der Waals surface area (Å²) < 4.78 is 0.640. The predicted octanol–water partition coefficient (Wildman–Crippen LogP) is 1.25. The number of nitrogens with one attached hydrogen (secondary N) is 1. The lowest BCUT2D eigenvalue weighted by Gasteiger charge is -2.19. The molecule has 84 valence electrons. The highest BCUT2D eigenvalue weighted by Crippen LogP contribution is 2.14. The van der Waals surface area contributed by atoms with Crippen molar-refractivity contribution in [3.05, 3.63) is 10.7 Å². The molecule has 0 saturated heterocycles. The second-order valence-electron chi connectivity index (χ2n) is 3.53. The molecule has 0 radical (unpaired) electrons.